The van der Waals surface area contributed by atoms with Crippen LogP contribution in [-0.4, -0.2) is 51.1 Å². The molecule has 3 heterocycles. The van der Waals surface area contributed by atoms with E-state index in [0.29, 0.717) is 35.8 Å². The Hall–Kier alpha value is -3.65. The van der Waals surface area contributed by atoms with Crippen molar-refractivity contribution < 1.29 is 28.6 Å². The van der Waals surface area contributed by atoms with Crippen LogP contribution < -0.4 is 0 Å². The lowest BCUT2D eigenvalue weighted by atomic mass is 9.46. The second-order valence-corrected chi connectivity index (χ2v) is 16.2. The fourth-order valence-corrected chi connectivity index (χ4v) is 10.3. The van der Waals surface area contributed by atoms with Crippen LogP contribution in [0.1, 0.15) is 101 Å². The molecule has 0 N–H and O–H groups in total. The van der Waals surface area contributed by atoms with Crippen LogP contribution in [0.5, 0.6) is 0 Å². The number of hydrogen-bond acceptors (Lipinski definition) is 8. The number of carbonyl (C=O) groups is 3. The van der Waals surface area contributed by atoms with Gasteiger partial charge in [0.2, 0.25) is 0 Å². The Kier molecular flexibility index (Phi) is 8.05. The standard InChI is InChI=1S/C40H48N2O6/c1-24(33(21-40(6)37(2,3)48-40)47-36(45)26-10-8-18-42-23-26)29-11-12-30-34-31(14-16-39(29,30)5)38(4)15-13-28(43)19-27(38)20-32(34)46-35(44)25-9-7-17-41-22-25/h7-10,13,15,17-19,22-24,29-34H,11-12,14,16,20-21H2,1-6H3. The minimum atomic E-state index is -0.380. The molecule has 1 saturated heterocycles. The van der Waals surface area contributed by atoms with E-state index >= 15 is 0 Å². The molecule has 3 saturated carbocycles. The molecular formula is C40H48N2O6. The molecule has 8 nitrogen and oxygen atoms in total. The Labute approximate surface area is 283 Å². The molecule has 2 aromatic rings. The molecule has 1 aliphatic heterocycles. The van der Waals surface area contributed by atoms with Gasteiger partial charge in [-0.05, 0) is 112 Å². The number of epoxide rings is 1. The number of aromatic nitrogens is 2. The first-order valence-electron chi connectivity index (χ1n) is 17.6. The van der Waals surface area contributed by atoms with Crippen molar-refractivity contribution >= 4 is 17.7 Å². The number of hydrogen-bond donors (Lipinski definition) is 0. The summed E-state index contributed by atoms with van der Waals surface area (Å²) in [6, 6.07) is 6.99. The zero-order valence-electron chi connectivity index (χ0n) is 29.0. The minimum Gasteiger partial charge on any atom is -0.458 e. The van der Waals surface area contributed by atoms with Crippen LogP contribution in [0, 0.1) is 40.4 Å². The van der Waals surface area contributed by atoms with E-state index in [1.807, 2.05) is 0 Å². The van der Waals surface area contributed by atoms with Gasteiger partial charge in [0.1, 0.15) is 12.2 Å². The highest BCUT2D eigenvalue weighted by Gasteiger charge is 2.65. The molecule has 10 unspecified atom stereocenters. The third-order valence-electron chi connectivity index (χ3n) is 13.5. The van der Waals surface area contributed by atoms with Crippen LogP contribution in [0.25, 0.3) is 0 Å². The van der Waals surface area contributed by atoms with Gasteiger partial charge in [-0.1, -0.05) is 32.4 Å². The van der Waals surface area contributed by atoms with Crippen LogP contribution in [0.3, 0.4) is 0 Å². The third kappa shape index (κ3) is 5.44. The highest BCUT2D eigenvalue weighted by Crippen LogP contribution is 2.68. The van der Waals surface area contributed by atoms with Crippen molar-refractivity contribution in [3.05, 3.63) is 84.0 Å². The number of nitrogens with zero attached hydrogens (tertiary/aromatic N) is 2. The average molecular weight is 653 g/mol. The van der Waals surface area contributed by atoms with E-state index in [9.17, 15) is 14.4 Å². The van der Waals surface area contributed by atoms with Crippen molar-refractivity contribution in [2.75, 3.05) is 0 Å². The minimum absolute atomic E-state index is 0.00273. The SMILES string of the molecule is CC(C(CC1(C)OC1(C)C)OC(=O)c1cccnc1)C1CCC2C3C(OC(=O)c4cccnc4)CC4=CC(=O)C=CC4(C)C3CCC12C. The molecule has 0 spiro atoms. The fourth-order valence-electron chi connectivity index (χ4n) is 10.3. The third-order valence-corrected chi connectivity index (χ3v) is 13.5. The van der Waals surface area contributed by atoms with Gasteiger partial charge in [-0.25, -0.2) is 9.59 Å². The molecule has 0 bridgehead atoms. The lowest BCUT2D eigenvalue weighted by Gasteiger charge is -2.59. The highest BCUT2D eigenvalue weighted by atomic mass is 16.6. The molecule has 48 heavy (non-hydrogen) atoms. The van der Waals surface area contributed by atoms with E-state index < -0.39 is 0 Å². The summed E-state index contributed by atoms with van der Waals surface area (Å²) in [6.45, 7) is 13.3. The van der Waals surface area contributed by atoms with Crippen molar-refractivity contribution in [1.82, 2.24) is 9.97 Å². The summed E-state index contributed by atoms with van der Waals surface area (Å²) >= 11 is 0. The molecule has 4 aliphatic carbocycles. The summed E-state index contributed by atoms with van der Waals surface area (Å²) in [4.78, 5) is 47.8. The lowest BCUT2D eigenvalue weighted by molar-refractivity contribution is -0.115. The molecular weight excluding hydrogens is 604 g/mol. The van der Waals surface area contributed by atoms with Crippen molar-refractivity contribution in [3.63, 3.8) is 0 Å². The van der Waals surface area contributed by atoms with Gasteiger partial charge in [0.05, 0.1) is 22.3 Å². The van der Waals surface area contributed by atoms with Crippen molar-refractivity contribution in [2.45, 2.75) is 103 Å². The quantitative estimate of drug-likeness (QED) is 0.215. The van der Waals surface area contributed by atoms with Crippen molar-refractivity contribution in [2.24, 2.45) is 40.4 Å². The van der Waals surface area contributed by atoms with E-state index in [0.717, 1.165) is 31.3 Å². The van der Waals surface area contributed by atoms with Gasteiger partial charge < -0.3 is 14.2 Å². The summed E-state index contributed by atoms with van der Waals surface area (Å²) in [7, 11) is 0. The van der Waals surface area contributed by atoms with E-state index in [4.69, 9.17) is 14.2 Å². The first kappa shape index (κ1) is 32.9. The smallest absolute Gasteiger partial charge is 0.339 e. The van der Waals surface area contributed by atoms with Crippen LogP contribution in [0.2, 0.25) is 0 Å². The zero-order chi connectivity index (χ0) is 34.1. The van der Waals surface area contributed by atoms with Crippen LogP contribution >= 0.6 is 0 Å². The molecule has 7 rings (SSSR count). The Morgan fingerprint density at radius 2 is 1.62 bits per heavy atom. The predicted molar refractivity (Wildman–Crippen MR) is 180 cm³/mol. The molecule has 254 valence electrons. The molecule has 0 radical (unpaired) electrons. The number of rotatable bonds is 8. The van der Waals surface area contributed by atoms with E-state index in [2.05, 4.69) is 57.6 Å². The Bertz CT molecular complexity index is 1650. The number of pyridine rings is 2. The molecule has 2 aromatic heterocycles. The predicted octanol–water partition coefficient (Wildman–Crippen LogP) is 7.36. The summed E-state index contributed by atoms with van der Waals surface area (Å²) < 4.78 is 19.0. The van der Waals surface area contributed by atoms with Crippen LogP contribution in [0.4, 0.5) is 0 Å². The topological polar surface area (TPSA) is 108 Å². The fraction of sp³-hybridized carbons (Fsp3) is 0.575. The maximum absolute atomic E-state index is 13.5. The second-order valence-electron chi connectivity index (χ2n) is 16.2. The molecule has 4 fully saturated rings. The first-order valence-corrected chi connectivity index (χ1v) is 17.6. The normalized spacial score (nSPS) is 37.2. The van der Waals surface area contributed by atoms with Gasteiger partial charge in [-0.3, -0.25) is 14.8 Å². The summed E-state index contributed by atoms with van der Waals surface area (Å²) in [5.74, 6) is 0.310. The number of esters is 2. The molecule has 10 atom stereocenters. The lowest BCUT2D eigenvalue weighted by Crippen LogP contribution is -2.56. The van der Waals surface area contributed by atoms with Gasteiger partial charge in [0.15, 0.2) is 5.78 Å². The monoisotopic (exact) mass is 652 g/mol. The Morgan fingerprint density at radius 3 is 2.25 bits per heavy atom. The summed E-state index contributed by atoms with van der Waals surface area (Å²) in [6.07, 6.45) is 16.5. The number of allylic oxidation sites excluding steroid dienone is 3. The summed E-state index contributed by atoms with van der Waals surface area (Å²) in [5.41, 5.74) is 0.975. The van der Waals surface area contributed by atoms with E-state index in [-0.39, 0.29) is 69.7 Å². The number of ether oxygens (including phenoxy) is 3. The summed E-state index contributed by atoms with van der Waals surface area (Å²) in [5, 5.41) is 0. The van der Waals surface area contributed by atoms with Crippen LogP contribution in [-0.2, 0) is 19.0 Å². The van der Waals surface area contributed by atoms with Gasteiger partial charge in [-0.2, -0.15) is 0 Å². The number of ketones is 1. The number of carbonyl (C=O) groups excluding carboxylic acids is 3. The van der Waals surface area contributed by atoms with E-state index in [1.165, 1.54) is 0 Å². The largest absolute Gasteiger partial charge is 0.458 e. The Morgan fingerprint density at radius 1 is 0.958 bits per heavy atom. The zero-order valence-corrected chi connectivity index (χ0v) is 29.0. The van der Waals surface area contributed by atoms with Gasteiger partial charge in [0.25, 0.3) is 0 Å². The maximum atomic E-state index is 13.5. The molecule has 0 amide bonds. The maximum Gasteiger partial charge on any atom is 0.339 e. The van der Waals surface area contributed by atoms with Gasteiger partial charge in [0, 0.05) is 49.0 Å². The van der Waals surface area contributed by atoms with Gasteiger partial charge in [-0.15, -0.1) is 0 Å². The average Bonchev–Trinajstić information content (AvgIpc) is 3.37. The first-order chi connectivity index (χ1) is 22.8. The highest BCUT2D eigenvalue weighted by molar-refractivity contribution is 6.01. The van der Waals surface area contributed by atoms with E-state index in [1.54, 1.807) is 61.2 Å². The van der Waals surface area contributed by atoms with Crippen molar-refractivity contribution in [1.29, 1.82) is 0 Å². The molecule has 0 aromatic carbocycles. The molecule has 5 aliphatic rings. The second kappa shape index (κ2) is 11.7. The Balaban J connectivity index is 1.19. The van der Waals surface area contributed by atoms with Crippen molar-refractivity contribution in [3.8, 4) is 0 Å². The molecule has 8 heteroatoms. The van der Waals surface area contributed by atoms with Gasteiger partial charge >= 0.3 is 11.9 Å². The van der Waals surface area contributed by atoms with Crippen LogP contribution in [0.15, 0.2) is 72.9 Å². The number of fused-ring (bicyclic) bond motifs is 5.